The lowest BCUT2D eigenvalue weighted by Gasteiger charge is -2.31. The third-order valence-corrected chi connectivity index (χ3v) is 13.5. The topological polar surface area (TPSA) is 13.1 Å². The fourth-order valence-electron chi connectivity index (χ4n) is 8.72. The monoisotopic (exact) mass is 650 g/mol. The second-order valence-electron chi connectivity index (χ2n) is 14.8. The lowest BCUT2D eigenvalue weighted by atomic mass is 9.82. The summed E-state index contributed by atoms with van der Waals surface area (Å²) in [6, 6.07) is 50.1. The Bertz CT molecular complexity index is 2480. The molecule has 3 aliphatic rings. The third-order valence-electron chi connectivity index (χ3n) is 11.0. The van der Waals surface area contributed by atoms with Crippen LogP contribution in [-0.2, 0) is 5.41 Å². The second kappa shape index (κ2) is 10.5. The van der Waals surface area contributed by atoms with Gasteiger partial charge in [-0.05, 0) is 85.8 Å². The zero-order valence-corrected chi connectivity index (χ0v) is 29.1. The molecule has 10 rings (SSSR count). The minimum Gasteiger partial charge on any atom is -0.455 e. The van der Waals surface area contributed by atoms with Crippen LogP contribution in [0.2, 0.25) is 0 Å². The van der Waals surface area contributed by atoms with Crippen LogP contribution in [0.25, 0.3) is 21.9 Å². The molecular weight excluding hydrogens is 613 g/mol. The van der Waals surface area contributed by atoms with Crippen molar-refractivity contribution in [3.05, 3.63) is 184 Å². The molecule has 0 amide bonds. The Morgan fingerprint density at radius 1 is 0.612 bits per heavy atom. The van der Waals surface area contributed by atoms with Gasteiger partial charge in [0.25, 0.3) is 8.07 Å². The van der Waals surface area contributed by atoms with Gasteiger partial charge in [0.05, 0.1) is 16.5 Å². The van der Waals surface area contributed by atoms with E-state index in [0.717, 1.165) is 11.5 Å². The van der Waals surface area contributed by atoms with Gasteiger partial charge in [-0.25, -0.2) is 0 Å². The molecule has 0 N–H and O–H groups in total. The van der Waals surface area contributed by atoms with Gasteiger partial charge in [-0.2, -0.15) is 4.34 Å². The maximum absolute atomic E-state index is 7.06. The van der Waals surface area contributed by atoms with Crippen molar-refractivity contribution in [1.29, 1.82) is 0 Å². The number of rotatable bonds is 2. The quantitative estimate of drug-likeness (QED) is 0.170. The van der Waals surface area contributed by atoms with Crippen molar-refractivity contribution < 1.29 is 9.07 Å². The van der Waals surface area contributed by atoms with Crippen molar-refractivity contribution in [2.45, 2.75) is 44.9 Å². The maximum atomic E-state index is 7.06. The van der Waals surface area contributed by atoms with E-state index in [4.69, 9.17) is 4.74 Å². The lowest BCUT2D eigenvalue weighted by Crippen LogP contribution is -2.45. The molecule has 1 aromatic heterocycles. The predicted octanol–water partition coefficient (Wildman–Crippen LogP) is 10.4. The van der Waals surface area contributed by atoms with Gasteiger partial charge in [-0.15, -0.1) is 0 Å². The molecule has 2 aliphatic heterocycles. The molecule has 0 spiro atoms. The first-order chi connectivity index (χ1) is 23.9. The van der Waals surface area contributed by atoms with E-state index < -0.39 is 8.07 Å². The SMILES string of the molecule is Cc1c2ccc3ccc4c(c13)-c1c(ccc3c1P(c1ccc(C(C)(C)C)cc1O3)[n+]1ccccc1C2c1ccccc1)C4c1ccccc1. The summed E-state index contributed by atoms with van der Waals surface area (Å²) in [5, 5.41) is 5.26. The molecule has 0 radical (unpaired) electrons. The number of aromatic nitrogens is 1. The van der Waals surface area contributed by atoms with Crippen LogP contribution in [0.1, 0.15) is 77.2 Å². The van der Waals surface area contributed by atoms with Gasteiger partial charge in [0.2, 0.25) is 0 Å². The van der Waals surface area contributed by atoms with Gasteiger partial charge >= 0.3 is 0 Å². The van der Waals surface area contributed by atoms with Crippen molar-refractivity contribution in [3.8, 4) is 22.6 Å². The van der Waals surface area contributed by atoms with E-state index in [2.05, 4.69) is 172 Å². The van der Waals surface area contributed by atoms with Crippen LogP contribution >= 0.6 is 8.07 Å². The minimum atomic E-state index is -1.06. The molecule has 0 fully saturated rings. The van der Waals surface area contributed by atoms with Gasteiger partial charge < -0.3 is 4.74 Å². The summed E-state index contributed by atoms with van der Waals surface area (Å²) in [5.74, 6) is 2.17. The number of fused-ring (bicyclic) bond motifs is 5. The van der Waals surface area contributed by atoms with E-state index in [1.165, 1.54) is 77.1 Å². The fourth-order valence-corrected chi connectivity index (χ4v) is 11.3. The Labute approximate surface area is 289 Å². The van der Waals surface area contributed by atoms with Crippen molar-refractivity contribution in [2.75, 3.05) is 0 Å². The fraction of sp³-hybridized carbons (Fsp3) is 0.152. The molecule has 3 heterocycles. The molecule has 0 saturated heterocycles. The van der Waals surface area contributed by atoms with Crippen LogP contribution in [0.4, 0.5) is 0 Å². The molecule has 6 aromatic carbocycles. The molecule has 7 aromatic rings. The summed E-state index contributed by atoms with van der Waals surface area (Å²) < 4.78 is 9.68. The second-order valence-corrected chi connectivity index (χ2v) is 16.8. The summed E-state index contributed by atoms with van der Waals surface area (Å²) in [4.78, 5) is 0. The standard InChI is InChI=1S/C46H37NOP/c1-28-33-21-18-31-19-22-34-41(29-13-7-5-8-14-29)35-23-24-37-45(44(35)43(34)40(28)31)49(39-25-20-32(46(2,3)4)27-38(39)48-37)47-26-12-11-17-36(47)42(33)30-15-9-6-10-16-30/h5-27,41-42H,1-4H3/q+1. The number of hydrogen-bond acceptors (Lipinski definition) is 1. The van der Waals surface area contributed by atoms with Gasteiger partial charge in [-0.1, -0.05) is 124 Å². The summed E-state index contributed by atoms with van der Waals surface area (Å²) >= 11 is 0. The third kappa shape index (κ3) is 4.14. The van der Waals surface area contributed by atoms with Crippen LogP contribution in [0.15, 0.2) is 140 Å². The van der Waals surface area contributed by atoms with Crippen LogP contribution < -0.4 is 19.7 Å². The van der Waals surface area contributed by atoms with E-state index in [1.807, 2.05) is 0 Å². The van der Waals surface area contributed by atoms with Crippen molar-refractivity contribution in [2.24, 2.45) is 0 Å². The first-order valence-corrected chi connectivity index (χ1v) is 18.6. The Hall–Kier alpha value is -5.04. The van der Waals surface area contributed by atoms with Crippen LogP contribution in [0.3, 0.4) is 0 Å². The molecule has 236 valence electrons. The van der Waals surface area contributed by atoms with E-state index in [9.17, 15) is 0 Å². The van der Waals surface area contributed by atoms with Crippen LogP contribution in [-0.4, -0.2) is 0 Å². The maximum Gasteiger partial charge on any atom is 0.259 e. The van der Waals surface area contributed by atoms with Crippen LogP contribution in [0, 0.1) is 6.92 Å². The Morgan fingerprint density at radius 3 is 2.00 bits per heavy atom. The molecule has 2 bridgehead atoms. The molecule has 2 nitrogen and oxygen atoms in total. The highest BCUT2D eigenvalue weighted by Crippen LogP contribution is 2.57. The Kier molecular flexibility index (Phi) is 6.19. The molecule has 0 saturated carbocycles. The highest BCUT2D eigenvalue weighted by atomic mass is 31.1. The van der Waals surface area contributed by atoms with Gasteiger partial charge in [0.15, 0.2) is 11.9 Å². The molecule has 49 heavy (non-hydrogen) atoms. The first-order valence-electron chi connectivity index (χ1n) is 17.3. The number of aryl methyl sites for hydroxylation is 1. The smallest absolute Gasteiger partial charge is 0.259 e. The van der Waals surface area contributed by atoms with Gasteiger partial charge in [-0.3, -0.25) is 0 Å². The van der Waals surface area contributed by atoms with E-state index >= 15 is 0 Å². The van der Waals surface area contributed by atoms with Crippen molar-refractivity contribution >= 4 is 29.5 Å². The molecule has 1 aliphatic carbocycles. The minimum absolute atomic E-state index is 0.0113. The van der Waals surface area contributed by atoms with Crippen LogP contribution in [0.5, 0.6) is 11.5 Å². The summed E-state index contributed by atoms with van der Waals surface area (Å²) in [6.45, 7) is 9.20. The number of ether oxygens (including phenoxy) is 1. The summed E-state index contributed by atoms with van der Waals surface area (Å²) in [5.41, 5.74) is 13.5. The van der Waals surface area contributed by atoms with Gasteiger partial charge in [0.1, 0.15) is 11.5 Å². The largest absolute Gasteiger partial charge is 0.455 e. The summed E-state index contributed by atoms with van der Waals surface area (Å²) in [7, 11) is -1.06. The average Bonchev–Trinajstić information content (AvgIpc) is 3.46. The molecule has 3 atom stereocenters. The number of benzene rings is 6. The first kappa shape index (κ1) is 28.9. The van der Waals surface area contributed by atoms with Crippen molar-refractivity contribution in [3.63, 3.8) is 0 Å². The number of hydrogen-bond donors (Lipinski definition) is 0. The highest BCUT2D eigenvalue weighted by molar-refractivity contribution is 7.67. The predicted molar refractivity (Wildman–Crippen MR) is 202 cm³/mol. The normalized spacial score (nSPS) is 18.2. The zero-order valence-electron chi connectivity index (χ0n) is 28.2. The highest BCUT2D eigenvalue weighted by Gasteiger charge is 2.46. The van der Waals surface area contributed by atoms with Gasteiger partial charge in [0, 0.05) is 23.6 Å². The molecule has 3 unspecified atom stereocenters. The van der Waals surface area contributed by atoms with Crippen molar-refractivity contribution in [1.82, 2.24) is 0 Å². The molecule has 3 heteroatoms. The molecular formula is C46H37NOP+. The zero-order chi connectivity index (χ0) is 33.0. The Morgan fingerprint density at radius 2 is 1.27 bits per heavy atom. The number of pyridine rings is 1. The van der Waals surface area contributed by atoms with E-state index in [1.54, 1.807) is 0 Å². The average molecular weight is 651 g/mol. The Balaban J connectivity index is 1.40. The number of nitrogens with zero attached hydrogens (tertiary/aromatic N) is 1. The lowest BCUT2D eigenvalue weighted by molar-refractivity contribution is -0.518. The van der Waals surface area contributed by atoms with E-state index in [-0.39, 0.29) is 17.3 Å². The summed E-state index contributed by atoms with van der Waals surface area (Å²) in [6.07, 6.45) is 2.33. The van der Waals surface area contributed by atoms with E-state index in [0.29, 0.717) is 0 Å².